The summed E-state index contributed by atoms with van der Waals surface area (Å²) >= 11 is 0. The summed E-state index contributed by atoms with van der Waals surface area (Å²) in [6.07, 6.45) is -0.0240. The third kappa shape index (κ3) is 4.27. The topological polar surface area (TPSA) is 90.9 Å². The van der Waals surface area contributed by atoms with Gasteiger partial charge in [-0.05, 0) is 42.3 Å². The number of urea groups is 1. The number of anilines is 2. The number of nitrogens with one attached hydrogen (secondary N) is 2. The zero-order valence-electron chi connectivity index (χ0n) is 15.4. The van der Waals surface area contributed by atoms with Crippen molar-refractivity contribution in [1.82, 2.24) is 4.90 Å². The first-order valence-corrected chi connectivity index (χ1v) is 8.83. The van der Waals surface area contributed by atoms with Crippen LogP contribution in [-0.2, 0) is 11.3 Å². The minimum absolute atomic E-state index is 0.239. The Morgan fingerprint density at radius 2 is 1.81 bits per heavy atom. The average molecular weight is 369 g/mol. The van der Waals surface area contributed by atoms with Gasteiger partial charge in [0.25, 0.3) is 5.91 Å². The van der Waals surface area contributed by atoms with Crippen LogP contribution in [0.1, 0.15) is 41.1 Å². The highest BCUT2D eigenvalue weighted by Gasteiger charge is 2.32. The van der Waals surface area contributed by atoms with Crippen LogP contribution in [0.5, 0.6) is 0 Å². The molecule has 0 aliphatic carbocycles. The second-order valence-corrected chi connectivity index (χ2v) is 6.42. The number of carbonyl (C=O) groups excluding carboxylic acids is 2. The summed E-state index contributed by atoms with van der Waals surface area (Å²) in [5.74, 6) is -0.239. The van der Waals surface area contributed by atoms with Gasteiger partial charge in [-0.1, -0.05) is 19.1 Å². The normalized spacial score (nSPS) is 15.6. The van der Waals surface area contributed by atoms with Crippen molar-refractivity contribution in [1.29, 1.82) is 0 Å². The summed E-state index contributed by atoms with van der Waals surface area (Å²) < 4.78 is 5.48. The largest absolute Gasteiger partial charge is 0.377 e. The summed E-state index contributed by atoms with van der Waals surface area (Å²) in [7, 11) is 1.53. The van der Waals surface area contributed by atoms with Gasteiger partial charge in [-0.15, -0.1) is 0 Å². The molecule has 0 aromatic heterocycles. The van der Waals surface area contributed by atoms with Crippen LogP contribution >= 0.6 is 0 Å². The Labute approximate surface area is 157 Å². The van der Waals surface area contributed by atoms with Crippen LogP contribution in [0, 0.1) is 0 Å². The molecule has 1 aliphatic rings. The Bertz CT molecular complexity index is 836. The van der Waals surface area contributed by atoms with E-state index < -0.39 is 12.3 Å². The van der Waals surface area contributed by atoms with Gasteiger partial charge in [0, 0.05) is 36.2 Å². The smallest absolute Gasteiger partial charge is 0.323 e. The fourth-order valence-corrected chi connectivity index (χ4v) is 2.87. The Balaban J connectivity index is 1.59. The summed E-state index contributed by atoms with van der Waals surface area (Å²) in [4.78, 5) is 25.4. The predicted octanol–water partition coefficient (Wildman–Crippen LogP) is 3.33. The van der Waals surface area contributed by atoms with E-state index in [4.69, 9.17) is 4.74 Å². The molecule has 0 bridgehead atoms. The molecule has 1 heterocycles. The molecule has 1 aliphatic heterocycles. The lowest BCUT2D eigenvalue weighted by molar-refractivity contribution is 0.0302. The van der Waals surface area contributed by atoms with Gasteiger partial charge in [-0.25, -0.2) is 4.79 Å². The van der Waals surface area contributed by atoms with E-state index in [0.717, 1.165) is 18.6 Å². The number of carbonyl (C=O) groups is 2. The fourth-order valence-electron chi connectivity index (χ4n) is 2.87. The zero-order chi connectivity index (χ0) is 19.4. The molecular formula is C20H23N3O4. The third-order valence-electron chi connectivity index (χ3n) is 4.33. The minimum Gasteiger partial charge on any atom is -0.377 e. The van der Waals surface area contributed by atoms with E-state index in [9.17, 15) is 14.7 Å². The summed E-state index contributed by atoms with van der Waals surface area (Å²) in [6.45, 7) is 3.33. The van der Waals surface area contributed by atoms with Crippen LogP contribution in [0.3, 0.4) is 0 Å². The van der Waals surface area contributed by atoms with Crippen LogP contribution in [0.2, 0.25) is 0 Å². The Hall–Kier alpha value is -2.90. The van der Waals surface area contributed by atoms with Gasteiger partial charge < -0.3 is 25.4 Å². The van der Waals surface area contributed by atoms with E-state index in [-0.39, 0.29) is 5.91 Å². The summed E-state index contributed by atoms with van der Waals surface area (Å²) in [6, 6.07) is 11.9. The van der Waals surface area contributed by atoms with Crippen molar-refractivity contribution in [2.45, 2.75) is 26.2 Å². The molecule has 142 valence electrons. The van der Waals surface area contributed by atoms with E-state index >= 15 is 0 Å². The van der Waals surface area contributed by atoms with Gasteiger partial charge in [-0.2, -0.15) is 0 Å². The Morgan fingerprint density at radius 1 is 1.15 bits per heavy atom. The quantitative estimate of drug-likeness (QED) is 0.681. The number of ether oxygens (including phenoxy) is 1. The number of nitrogens with zero attached hydrogens (tertiary/aromatic N) is 1. The highest BCUT2D eigenvalue weighted by molar-refractivity contribution is 6.02. The summed E-state index contributed by atoms with van der Waals surface area (Å²) in [5.41, 5.74) is 3.12. The Morgan fingerprint density at radius 3 is 2.52 bits per heavy atom. The summed E-state index contributed by atoms with van der Waals surface area (Å²) in [5, 5.41) is 15.5. The molecule has 0 fully saturated rings. The lowest BCUT2D eigenvalue weighted by Crippen LogP contribution is -2.22. The van der Waals surface area contributed by atoms with E-state index in [1.165, 1.54) is 11.9 Å². The van der Waals surface area contributed by atoms with Crippen LogP contribution < -0.4 is 10.6 Å². The molecule has 27 heavy (non-hydrogen) atoms. The number of fused-ring (bicyclic) bond motifs is 1. The van der Waals surface area contributed by atoms with E-state index in [1.807, 2.05) is 24.3 Å². The average Bonchev–Trinajstić information content (AvgIpc) is 2.87. The van der Waals surface area contributed by atoms with Crippen molar-refractivity contribution in [2.24, 2.45) is 0 Å². The highest BCUT2D eigenvalue weighted by atomic mass is 16.5. The van der Waals surface area contributed by atoms with Crippen LogP contribution in [0.25, 0.3) is 0 Å². The first kappa shape index (κ1) is 18.9. The first-order valence-electron chi connectivity index (χ1n) is 8.83. The zero-order valence-corrected chi connectivity index (χ0v) is 15.4. The fraction of sp³-hybridized carbons (Fsp3) is 0.300. The third-order valence-corrected chi connectivity index (χ3v) is 4.33. The van der Waals surface area contributed by atoms with Crippen molar-refractivity contribution in [2.75, 3.05) is 24.3 Å². The molecule has 7 nitrogen and oxygen atoms in total. The van der Waals surface area contributed by atoms with Gasteiger partial charge in [-0.3, -0.25) is 4.79 Å². The maximum Gasteiger partial charge on any atom is 0.323 e. The standard InChI is InChI=1S/C20H23N3O4/c1-3-10-27-12-13-4-6-14(7-5-13)21-20(26)22-15-8-9-16-17(11-15)19(25)23(2)18(16)24/h4-9,11,19,25H,3,10,12H2,1-2H3,(H2,21,22,26). The predicted molar refractivity (Wildman–Crippen MR) is 103 cm³/mol. The number of hydrogen-bond acceptors (Lipinski definition) is 4. The molecule has 3 N–H and O–H groups in total. The SMILES string of the molecule is CCCOCc1ccc(NC(=O)Nc2ccc3c(c2)C(O)N(C)C3=O)cc1. The van der Waals surface area contributed by atoms with Gasteiger partial charge in [0.15, 0.2) is 6.23 Å². The Kier molecular flexibility index (Phi) is 5.73. The first-order chi connectivity index (χ1) is 13.0. The van der Waals surface area contributed by atoms with Gasteiger partial charge >= 0.3 is 6.03 Å². The van der Waals surface area contributed by atoms with Crippen molar-refractivity contribution in [3.8, 4) is 0 Å². The van der Waals surface area contributed by atoms with Gasteiger partial charge in [0.05, 0.1) is 6.61 Å². The molecule has 1 atom stereocenters. The molecule has 2 aromatic rings. The second kappa shape index (κ2) is 8.20. The van der Waals surface area contributed by atoms with E-state index in [0.29, 0.717) is 29.1 Å². The molecule has 1 unspecified atom stereocenters. The molecule has 3 rings (SSSR count). The molecular weight excluding hydrogens is 346 g/mol. The monoisotopic (exact) mass is 369 g/mol. The number of rotatable bonds is 6. The molecule has 0 spiro atoms. The molecule has 2 aromatic carbocycles. The number of aliphatic hydroxyl groups excluding tert-OH is 1. The van der Waals surface area contributed by atoms with E-state index in [2.05, 4.69) is 17.6 Å². The van der Waals surface area contributed by atoms with Crippen LogP contribution in [-0.4, -0.2) is 35.6 Å². The minimum atomic E-state index is -1.00. The highest BCUT2D eigenvalue weighted by Crippen LogP contribution is 2.32. The number of hydrogen-bond donors (Lipinski definition) is 3. The van der Waals surface area contributed by atoms with E-state index in [1.54, 1.807) is 18.2 Å². The number of benzene rings is 2. The molecule has 3 amide bonds. The lowest BCUT2D eigenvalue weighted by atomic mass is 10.1. The van der Waals surface area contributed by atoms with Crippen LogP contribution in [0.4, 0.5) is 16.2 Å². The van der Waals surface area contributed by atoms with Crippen molar-refractivity contribution >= 4 is 23.3 Å². The second-order valence-electron chi connectivity index (χ2n) is 6.42. The molecule has 0 saturated carbocycles. The maximum absolute atomic E-state index is 12.2. The molecule has 0 saturated heterocycles. The molecule has 0 radical (unpaired) electrons. The van der Waals surface area contributed by atoms with Crippen molar-refractivity contribution < 1.29 is 19.4 Å². The lowest BCUT2D eigenvalue weighted by Gasteiger charge is -2.14. The van der Waals surface area contributed by atoms with Crippen molar-refractivity contribution in [3.63, 3.8) is 0 Å². The van der Waals surface area contributed by atoms with Crippen LogP contribution in [0.15, 0.2) is 42.5 Å². The number of amides is 3. The maximum atomic E-state index is 12.2. The van der Waals surface area contributed by atoms with Gasteiger partial charge in [0.1, 0.15) is 0 Å². The molecule has 7 heteroatoms. The number of aliphatic hydroxyl groups is 1. The van der Waals surface area contributed by atoms with Gasteiger partial charge in [0.2, 0.25) is 0 Å². The van der Waals surface area contributed by atoms with Crippen molar-refractivity contribution in [3.05, 3.63) is 59.2 Å².